The number of nitrogen functional groups attached to an aromatic ring is 1. The van der Waals surface area contributed by atoms with Crippen LogP contribution in [0.2, 0.25) is 0 Å². The molecule has 0 saturated heterocycles. The van der Waals surface area contributed by atoms with Crippen molar-refractivity contribution in [2.45, 2.75) is 6.92 Å². The fourth-order valence-corrected chi connectivity index (χ4v) is 1.56. The van der Waals surface area contributed by atoms with Crippen molar-refractivity contribution < 1.29 is 0 Å². The van der Waals surface area contributed by atoms with Gasteiger partial charge in [0.1, 0.15) is 0 Å². The lowest BCUT2D eigenvalue weighted by Crippen LogP contribution is -1.94. The average Bonchev–Trinajstić information content (AvgIpc) is 2.49. The standard InChI is InChI=1S/C9H12N4/c1-5-3-4-6-7(8(5)11-2)9(10)13-12-6/h3-4,11H,1-2H3,(H3,10,12,13). The second-order valence-corrected chi connectivity index (χ2v) is 3.04. The van der Waals surface area contributed by atoms with Crippen LogP contribution < -0.4 is 11.1 Å². The first-order chi connectivity index (χ1) is 6.24. The minimum absolute atomic E-state index is 0.544. The number of nitrogens with two attached hydrogens (primary N) is 1. The van der Waals surface area contributed by atoms with E-state index in [-0.39, 0.29) is 0 Å². The van der Waals surface area contributed by atoms with E-state index in [1.54, 1.807) is 0 Å². The number of rotatable bonds is 1. The summed E-state index contributed by atoms with van der Waals surface area (Å²) in [6, 6.07) is 4.01. The highest BCUT2D eigenvalue weighted by atomic mass is 15.2. The minimum Gasteiger partial charge on any atom is -0.387 e. The first-order valence-electron chi connectivity index (χ1n) is 4.15. The van der Waals surface area contributed by atoms with Gasteiger partial charge in [-0.3, -0.25) is 5.10 Å². The summed E-state index contributed by atoms with van der Waals surface area (Å²) in [5.74, 6) is 0.544. The molecule has 1 aromatic carbocycles. The fraction of sp³-hybridized carbons (Fsp3) is 0.222. The number of hydrogen-bond donors (Lipinski definition) is 3. The quantitative estimate of drug-likeness (QED) is 0.616. The second kappa shape index (κ2) is 2.65. The van der Waals surface area contributed by atoms with Gasteiger partial charge in [0.15, 0.2) is 5.82 Å². The van der Waals surface area contributed by atoms with Gasteiger partial charge >= 0.3 is 0 Å². The Morgan fingerprint density at radius 2 is 2.23 bits per heavy atom. The molecule has 2 aromatic rings. The summed E-state index contributed by atoms with van der Waals surface area (Å²) in [4.78, 5) is 0. The van der Waals surface area contributed by atoms with Gasteiger partial charge < -0.3 is 11.1 Å². The Labute approximate surface area is 76.1 Å². The molecule has 0 bridgehead atoms. The minimum atomic E-state index is 0.544. The molecule has 1 aromatic heterocycles. The van der Waals surface area contributed by atoms with Gasteiger partial charge in [-0.25, -0.2) is 0 Å². The van der Waals surface area contributed by atoms with Crippen LogP contribution in [0.15, 0.2) is 12.1 Å². The van der Waals surface area contributed by atoms with Gasteiger partial charge in [-0.15, -0.1) is 0 Å². The van der Waals surface area contributed by atoms with E-state index in [1.165, 1.54) is 5.56 Å². The van der Waals surface area contributed by atoms with Crippen molar-refractivity contribution in [1.82, 2.24) is 10.2 Å². The van der Waals surface area contributed by atoms with Crippen molar-refractivity contribution in [2.24, 2.45) is 0 Å². The third kappa shape index (κ3) is 1.02. The third-order valence-electron chi connectivity index (χ3n) is 2.22. The highest BCUT2D eigenvalue weighted by Crippen LogP contribution is 2.29. The van der Waals surface area contributed by atoms with Gasteiger partial charge in [-0.1, -0.05) is 6.07 Å². The number of anilines is 2. The van der Waals surface area contributed by atoms with Gasteiger partial charge in [-0.05, 0) is 18.6 Å². The van der Waals surface area contributed by atoms with Crippen LogP contribution in [0.25, 0.3) is 10.9 Å². The first-order valence-corrected chi connectivity index (χ1v) is 4.15. The molecular formula is C9H12N4. The predicted molar refractivity (Wildman–Crippen MR) is 54.8 cm³/mol. The van der Waals surface area contributed by atoms with Crippen LogP contribution in [0.3, 0.4) is 0 Å². The molecule has 2 rings (SSSR count). The topological polar surface area (TPSA) is 66.7 Å². The molecule has 1 heterocycles. The molecule has 0 unspecified atom stereocenters. The lowest BCUT2D eigenvalue weighted by Gasteiger charge is -2.05. The largest absolute Gasteiger partial charge is 0.387 e. The number of fused-ring (bicyclic) bond motifs is 1. The van der Waals surface area contributed by atoms with E-state index in [2.05, 4.69) is 15.5 Å². The SMILES string of the molecule is CNc1c(C)ccc2[nH]nc(N)c12. The third-order valence-corrected chi connectivity index (χ3v) is 2.22. The van der Waals surface area contributed by atoms with Gasteiger partial charge in [0.2, 0.25) is 0 Å². The number of nitrogens with zero attached hydrogens (tertiary/aromatic N) is 1. The van der Waals surface area contributed by atoms with Crippen molar-refractivity contribution in [3.63, 3.8) is 0 Å². The van der Waals surface area contributed by atoms with E-state index >= 15 is 0 Å². The van der Waals surface area contributed by atoms with Crippen molar-refractivity contribution in [1.29, 1.82) is 0 Å². The number of hydrogen-bond acceptors (Lipinski definition) is 3. The fourth-order valence-electron chi connectivity index (χ4n) is 1.56. The van der Waals surface area contributed by atoms with Crippen molar-refractivity contribution in [3.05, 3.63) is 17.7 Å². The number of aromatic nitrogens is 2. The van der Waals surface area contributed by atoms with E-state index in [4.69, 9.17) is 5.73 Å². The lowest BCUT2D eigenvalue weighted by atomic mass is 10.1. The highest BCUT2D eigenvalue weighted by molar-refractivity contribution is 6.00. The van der Waals surface area contributed by atoms with Gasteiger partial charge in [0.05, 0.1) is 16.6 Å². The molecule has 4 heteroatoms. The molecule has 13 heavy (non-hydrogen) atoms. The maximum absolute atomic E-state index is 5.74. The molecule has 0 aliphatic rings. The summed E-state index contributed by atoms with van der Waals surface area (Å²) in [6.45, 7) is 2.04. The number of aromatic amines is 1. The van der Waals surface area contributed by atoms with Crippen molar-refractivity contribution >= 4 is 22.4 Å². The summed E-state index contributed by atoms with van der Waals surface area (Å²) in [6.07, 6.45) is 0. The van der Waals surface area contributed by atoms with Crippen LogP contribution in [-0.4, -0.2) is 17.2 Å². The summed E-state index contributed by atoms with van der Waals surface area (Å²) < 4.78 is 0. The summed E-state index contributed by atoms with van der Waals surface area (Å²) >= 11 is 0. The summed E-state index contributed by atoms with van der Waals surface area (Å²) in [7, 11) is 1.88. The summed E-state index contributed by atoms with van der Waals surface area (Å²) in [5.41, 5.74) is 8.92. The normalized spacial score (nSPS) is 10.6. The monoisotopic (exact) mass is 176 g/mol. The molecule has 0 aliphatic carbocycles. The number of aryl methyl sites for hydroxylation is 1. The predicted octanol–water partition coefficient (Wildman–Crippen LogP) is 1.50. The maximum Gasteiger partial charge on any atom is 0.155 e. The molecule has 68 valence electrons. The smallest absolute Gasteiger partial charge is 0.155 e. The Morgan fingerprint density at radius 3 is 2.92 bits per heavy atom. The second-order valence-electron chi connectivity index (χ2n) is 3.04. The molecule has 0 atom stereocenters. The van der Waals surface area contributed by atoms with Gasteiger partial charge in [-0.2, -0.15) is 5.10 Å². The lowest BCUT2D eigenvalue weighted by molar-refractivity contribution is 1.13. The van der Waals surface area contributed by atoms with Crippen molar-refractivity contribution in [3.8, 4) is 0 Å². The van der Waals surface area contributed by atoms with E-state index in [9.17, 15) is 0 Å². The van der Waals surface area contributed by atoms with E-state index < -0.39 is 0 Å². The van der Waals surface area contributed by atoms with Crippen LogP contribution in [0.5, 0.6) is 0 Å². The highest BCUT2D eigenvalue weighted by Gasteiger charge is 2.08. The molecular weight excluding hydrogens is 164 g/mol. The Kier molecular flexibility index (Phi) is 1.62. The van der Waals surface area contributed by atoms with E-state index in [1.807, 2.05) is 26.1 Å². The maximum atomic E-state index is 5.74. The zero-order valence-electron chi connectivity index (χ0n) is 7.68. The molecule has 4 nitrogen and oxygen atoms in total. The van der Waals surface area contributed by atoms with Crippen LogP contribution in [0.1, 0.15) is 5.56 Å². The molecule has 0 aliphatic heterocycles. The van der Waals surface area contributed by atoms with E-state index in [0.717, 1.165) is 16.6 Å². The first kappa shape index (κ1) is 7.91. The number of nitrogens with one attached hydrogen (secondary N) is 2. The van der Waals surface area contributed by atoms with Crippen LogP contribution in [0, 0.1) is 6.92 Å². The molecule has 0 fully saturated rings. The Hall–Kier alpha value is -1.71. The Balaban J connectivity index is 2.88. The zero-order valence-corrected chi connectivity index (χ0v) is 7.68. The van der Waals surface area contributed by atoms with Gasteiger partial charge in [0, 0.05) is 7.05 Å². The molecule has 0 amide bonds. The van der Waals surface area contributed by atoms with Crippen molar-refractivity contribution in [2.75, 3.05) is 18.1 Å². The Bertz CT molecular complexity index is 444. The molecule has 0 saturated carbocycles. The zero-order chi connectivity index (χ0) is 9.42. The van der Waals surface area contributed by atoms with Crippen LogP contribution in [-0.2, 0) is 0 Å². The molecule has 0 radical (unpaired) electrons. The van der Waals surface area contributed by atoms with Crippen LogP contribution >= 0.6 is 0 Å². The molecule has 0 spiro atoms. The molecule has 4 N–H and O–H groups in total. The average molecular weight is 176 g/mol. The van der Waals surface area contributed by atoms with Crippen LogP contribution in [0.4, 0.5) is 11.5 Å². The number of H-pyrrole nitrogens is 1. The van der Waals surface area contributed by atoms with Gasteiger partial charge in [0.25, 0.3) is 0 Å². The van der Waals surface area contributed by atoms with E-state index in [0.29, 0.717) is 5.82 Å². The summed E-state index contributed by atoms with van der Waals surface area (Å²) in [5, 5.41) is 10.9. The number of benzene rings is 1. The Morgan fingerprint density at radius 1 is 1.46 bits per heavy atom.